The maximum Gasteiger partial charge on any atom is 0.191 e. The first kappa shape index (κ1) is 16.3. The summed E-state index contributed by atoms with van der Waals surface area (Å²) in [6.07, 6.45) is 9.69. The van der Waals surface area contributed by atoms with Gasteiger partial charge in [0.25, 0.3) is 0 Å². The van der Waals surface area contributed by atoms with E-state index in [1.54, 1.807) is 6.26 Å². The highest BCUT2D eigenvalue weighted by Gasteiger charge is 2.24. The van der Waals surface area contributed by atoms with Crippen LogP contribution < -0.4 is 10.6 Å². The van der Waals surface area contributed by atoms with Gasteiger partial charge in [0.2, 0.25) is 0 Å². The van der Waals surface area contributed by atoms with Crippen molar-refractivity contribution in [1.82, 2.24) is 10.6 Å². The Kier molecular flexibility index (Phi) is 7.00. The van der Waals surface area contributed by atoms with Crippen molar-refractivity contribution in [2.75, 3.05) is 19.3 Å². The van der Waals surface area contributed by atoms with Crippen LogP contribution in [0, 0.1) is 0 Å². The minimum absolute atomic E-state index is 0.564. The van der Waals surface area contributed by atoms with Crippen molar-refractivity contribution in [1.29, 1.82) is 0 Å². The lowest BCUT2D eigenvalue weighted by Crippen LogP contribution is -2.43. The van der Waals surface area contributed by atoms with Crippen molar-refractivity contribution in [2.24, 2.45) is 4.99 Å². The third-order valence-electron chi connectivity index (χ3n) is 3.80. The molecule has 1 fully saturated rings. The highest BCUT2D eigenvalue weighted by molar-refractivity contribution is 7.99. The number of nitrogens with zero attached hydrogens (tertiary/aromatic N) is 1. The van der Waals surface area contributed by atoms with Gasteiger partial charge >= 0.3 is 0 Å². The van der Waals surface area contributed by atoms with Crippen LogP contribution in [0.3, 0.4) is 0 Å². The van der Waals surface area contributed by atoms with Crippen LogP contribution in [0.1, 0.15) is 38.4 Å². The first-order valence-electron chi connectivity index (χ1n) is 7.91. The summed E-state index contributed by atoms with van der Waals surface area (Å²) in [7, 11) is 0. The Morgan fingerprint density at radius 1 is 1.48 bits per heavy atom. The van der Waals surface area contributed by atoms with Crippen molar-refractivity contribution in [3.05, 3.63) is 24.2 Å². The van der Waals surface area contributed by atoms with Crippen LogP contribution in [0.2, 0.25) is 0 Å². The van der Waals surface area contributed by atoms with E-state index in [4.69, 9.17) is 4.42 Å². The second-order valence-electron chi connectivity index (χ2n) is 5.50. The molecule has 1 aliphatic carbocycles. The summed E-state index contributed by atoms with van der Waals surface area (Å²) in [5, 5.41) is 7.82. The van der Waals surface area contributed by atoms with E-state index in [2.05, 4.69) is 28.8 Å². The monoisotopic (exact) mass is 309 g/mol. The molecule has 0 saturated heterocycles. The Bertz CT molecular complexity index is 419. The predicted molar refractivity (Wildman–Crippen MR) is 91.1 cm³/mol. The molecular formula is C16H27N3OS. The quantitative estimate of drug-likeness (QED) is 0.600. The molecule has 21 heavy (non-hydrogen) atoms. The highest BCUT2D eigenvalue weighted by Crippen LogP contribution is 2.27. The van der Waals surface area contributed by atoms with Gasteiger partial charge in [0.15, 0.2) is 5.96 Å². The largest absolute Gasteiger partial charge is 0.469 e. The molecule has 2 atom stereocenters. The van der Waals surface area contributed by atoms with Crippen LogP contribution in [0.15, 0.2) is 27.8 Å². The molecule has 0 aliphatic heterocycles. The van der Waals surface area contributed by atoms with Crippen LogP contribution in [-0.4, -0.2) is 36.6 Å². The number of furan rings is 1. The van der Waals surface area contributed by atoms with Gasteiger partial charge in [0.1, 0.15) is 5.76 Å². The van der Waals surface area contributed by atoms with Crippen LogP contribution in [0.5, 0.6) is 0 Å². The normalized spacial score (nSPS) is 22.5. The van der Waals surface area contributed by atoms with Crippen molar-refractivity contribution in [3.8, 4) is 0 Å². The van der Waals surface area contributed by atoms with Gasteiger partial charge in [-0.3, -0.25) is 4.99 Å². The summed E-state index contributed by atoms with van der Waals surface area (Å²) in [6.45, 7) is 3.87. The van der Waals surface area contributed by atoms with E-state index < -0.39 is 0 Å². The van der Waals surface area contributed by atoms with E-state index in [1.165, 1.54) is 19.3 Å². The minimum Gasteiger partial charge on any atom is -0.469 e. The molecule has 0 aromatic carbocycles. The van der Waals surface area contributed by atoms with Gasteiger partial charge in [-0.2, -0.15) is 11.8 Å². The Morgan fingerprint density at radius 3 is 3.05 bits per heavy atom. The maximum atomic E-state index is 5.36. The van der Waals surface area contributed by atoms with Gasteiger partial charge in [0.05, 0.1) is 6.26 Å². The Balaban J connectivity index is 1.77. The minimum atomic E-state index is 0.564. The molecule has 4 nitrogen and oxygen atoms in total. The Morgan fingerprint density at radius 2 is 2.38 bits per heavy atom. The summed E-state index contributed by atoms with van der Waals surface area (Å²) in [6, 6.07) is 4.51. The molecule has 118 valence electrons. The average molecular weight is 309 g/mol. The molecule has 0 spiro atoms. The third kappa shape index (κ3) is 5.65. The van der Waals surface area contributed by atoms with E-state index in [1.807, 2.05) is 23.9 Å². The fourth-order valence-corrected chi connectivity index (χ4v) is 3.41. The smallest absolute Gasteiger partial charge is 0.191 e. The van der Waals surface area contributed by atoms with Crippen molar-refractivity contribution >= 4 is 17.7 Å². The van der Waals surface area contributed by atoms with Crippen LogP contribution in [-0.2, 0) is 6.42 Å². The van der Waals surface area contributed by atoms with Crippen LogP contribution in [0.4, 0.5) is 0 Å². The zero-order chi connectivity index (χ0) is 14.9. The second kappa shape index (κ2) is 9.03. The molecule has 1 aliphatic rings. The van der Waals surface area contributed by atoms with Gasteiger partial charge in [0, 0.05) is 30.8 Å². The van der Waals surface area contributed by atoms with Crippen molar-refractivity contribution in [3.63, 3.8) is 0 Å². The van der Waals surface area contributed by atoms with Gasteiger partial charge < -0.3 is 15.1 Å². The lowest BCUT2D eigenvalue weighted by atomic mass is 10.2. The summed E-state index contributed by atoms with van der Waals surface area (Å²) in [4.78, 5) is 4.63. The summed E-state index contributed by atoms with van der Waals surface area (Å²) in [5.74, 6) is 1.97. The molecule has 1 aromatic rings. The Hall–Kier alpha value is -1.10. The standard InChI is InChI=1S/C16H27N3OS/c1-3-9-17-16(18-10-8-14-5-4-11-20-14)19-13-6-7-15(12-13)21-2/h4-5,11,13,15H,3,6-10,12H2,1-2H3,(H2,17,18,19). The summed E-state index contributed by atoms with van der Waals surface area (Å²) < 4.78 is 5.36. The predicted octanol–water partition coefficient (Wildman–Crippen LogP) is 3.05. The van der Waals surface area contributed by atoms with Crippen molar-refractivity contribution < 1.29 is 4.42 Å². The highest BCUT2D eigenvalue weighted by atomic mass is 32.2. The number of hydrogen-bond donors (Lipinski definition) is 2. The molecule has 2 N–H and O–H groups in total. The molecule has 0 bridgehead atoms. The SMILES string of the molecule is CCCN=C(NCCc1ccco1)NC1CCC(SC)C1. The fourth-order valence-electron chi connectivity index (χ4n) is 2.61. The molecule has 2 unspecified atom stereocenters. The van der Waals surface area contributed by atoms with Gasteiger partial charge in [-0.05, 0) is 44.1 Å². The molecule has 0 amide bonds. The lowest BCUT2D eigenvalue weighted by Gasteiger charge is -2.17. The molecule has 0 radical (unpaired) electrons. The van der Waals surface area contributed by atoms with Gasteiger partial charge in [-0.1, -0.05) is 6.92 Å². The molecule has 5 heteroatoms. The molecule has 1 aromatic heterocycles. The first-order chi connectivity index (χ1) is 10.3. The Labute approximate surface area is 132 Å². The fraction of sp³-hybridized carbons (Fsp3) is 0.688. The van der Waals surface area contributed by atoms with Gasteiger partial charge in [-0.25, -0.2) is 0 Å². The van der Waals surface area contributed by atoms with E-state index in [0.29, 0.717) is 6.04 Å². The summed E-state index contributed by atoms with van der Waals surface area (Å²) >= 11 is 1.98. The number of aliphatic imine (C=N–C) groups is 1. The topological polar surface area (TPSA) is 49.6 Å². The van der Waals surface area contributed by atoms with E-state index in [0.717, 1.165) is 42.9 Å². The molecular weight excluding hydrogens is 282 g/mol. The van der Waals surface area contributed by atoms with Gasteiger partial charge in [-0.15, -0.1) is 0 Å². The first-order valence-corrected chi connectivity index (χ1v) is 9.20. The van der Waals surface area contributed by atoms with Crippen LogP contribution >= 0.6 is 11.8 Å². The average Bonchev–Trinajstić information content (AvgIpc) is 3.15. The van der Waals surface area contributed by atoms with Crippen LogP contribution in [0.25, 0.3) is 0 Å². The summed E-state index contributed by atoms with van der Waals surface area (Å²) in [5.41, 5.74) is 0. The molecule has 1 saturated carbocycles. The zero-order valence-corrected chi connectivity index (χ0v) is 13.9. The number of hydrogen-bond acceptors (Lipinski definition) is 3. The number of thioether (sulfide) groups is 1. The van der Waals surface area contributed by atoms with E-state index in [9.17, 15) is 0 Å². The number of rotatable bonds is 7. The number of guanidine groups is 1. The maximum absolute atomic E-state index is 5.36. The van der Waals surface area contributed by atoms with E-state index >= 15 is 0 Å². The molecule has 1 heterocycles. The zero-order valence-electron chi connectivity index (χ0n) is 13.1. The molecule has 2 rings (SSSR count). The second-order valence-corrected chi connectivity index (χ2v) is 6.64. The third-order valence-corrected chi connectivity index (χ3v) is 4.89. The van der Waals surface area contributed by atoms with E-state index in [-0.39, 0.29) is 0 Å². The number of nitrogens with one attached hydrogen (secondary N) is 2. The lowest BCUT2D eigenvalue weighted by molar-refractivity contribution is 0.506. The van der Waals surface area contributed by atoms with Crippen molar-refractivity contribution in [2.45, 2.75) is 50.3 Å².